The zero-order chi connectivity index (χ0) is 29.6. The van der Waals surface area contributed by atoms with E-state index in [4.69, 9.17) is 16.3 Å². The first-order chi connectivity index (χ1) is 20.5. The van der Waals surface area contributed by atoms with Crippen LogP contribution in [0.1, 0.15) is 44.2 Å². The number of allylic oxidation sites excluding steroid dienone is 2. The van der Waals surface area contributed by atoms with Crippen LogP contribution in [0.2, 0.25) is 5.02 Å². The molecule has 0 saturated carbocycles. The molecule has 42 heavy (non-hydrogen) atoms. The van der Waals surface area contributed by atoms with Crippen LogP contribution in [-0.2, 0) is 9.53 Å². The quantitative estimate of drug-likeness (QED) is 0.0604. The van der Waals surface area contributed by atoms with Gasteiger partial charge in [-0.05, 0) is 68.4 Å². The van der Waals surface area contributed by atoms with E-state index in [9.17, 15) is 9.90 Å². The number of benzene rings is 1. The highest BCUT2D eigenvalue weighted by atomic mass is 35.5. The van der Waals surface area contributed by atoms with Crippen molar-refractivity contribution in [2.75, 3.05) is 22.5 Å². The van der Waals surface area contributed by atoms with Gasteiger partial charge in [0.15, 0.2) is 12.4 Å². The third kappa shape index (κ3) is 9.64. The summed E-state index contributed by atoms with van der Waals surface area (Å²) >= 11 is 6.34. The molecule has 0 bridgehead atoms. The molecule has 4 rings (SSSR count). The van der Waals surface area contributed by atoms with E-state index in [1.165, 1.54) is 12.3 Å². The molecule has 1 aromatic carbocycles. The minimum absolute atomic E-state index is 0.0188. The van der Waals surface area contributed by atoms with Gasteiger partial charge in [0.05, 0.1) is 24.0 Å². The molecule has 0 fully saturated rings. The molecule has 5 N–H and O–H groups in total. The topological polar surface area (TPSA) is 135 Å². The summed E-state index contributed by atoms with van der Waals surface area (Å²) in [7, 11) is 0. The van der Waals surface area contributed by atoms with Crippen LogP contribution in [0, 0.1) is 11.8 Å². The predicted molar refractivity (Wildman–Crippen MR) is 165 cm³/mol. The van der Waals surface area contributed by atoms with E-state index in [1.54, 1.807) is 36.5 Å². The van der Waals surface area contributed by atoms with Crippen molar-refractivity contribution >= 4 is 52.4 Å². The molecule has 1 unspecified atom stereocenters. The average molecular weight is 587 g/mol. The highest BCUT2D eigenvalue weighted by molar-refractivity contribution is 6.33. The van der Waals surface area contributed by atoms with E-state index in [0.29, 0.717) is 52.5 Å². The van der Waals surface area contributed by atoms with Crippen molar-refractivity contribution in [3.05, 3.63) is 84.3 Å². The van der Waals surface area contributed by atoms with Crippen LogP contribution in [-0.4, -0.2) is 44.7 Å². The van der Waals surface area contributed by atoms with Gasteiger partial charge in [0.1, 0.15) is 16.8 Å². The molecule has 1 aliphatic rings. The Balaban J connectivity index is 1.34. The van der Waals surface area contributed by atoms with Crippen LogP contribution in [0.15, 0.2) is 73.6 Å². The molecular weight excluding hydrogens is 554 g/mol. The molecule has 3 aromatic rings. The van der Waals surface area contributed by atoms with Gasteiger partial charge in [-0.3, -0.25) is 4.79 Å². The fraction of sp³-hybridized carbons (Fsp3) is 0.258. The van der Waals surface area contributed by atoms with E-state index in [-0.39, 0.29) is 18.1 Å². The zero-order valence-corrected chi connectivity index (χ0v) is 23.8. The number of carbonyl (C=O) groups excluding carboxylic acids is 1. The Kier molecular flexibility index (Phi) is 11.3. The van der Waals surface area contributed by atoms with Crippen LogP contribution in [0.3, 0.4) is 0 Å². The standard InChI is InChI=1S/C31H32ClN7O3/c1-2-28(40)37-26-15-8-9-16-27(26)38-29-25(32)21-35-30(39-29)36-23-17-19-33-22(20-23)12-10-11-18-34-31(41)42-24-13-6-4-3-5-7-14-24/h2-4,8-9,15-17,19-21,24H,1,5-7,11,13-14,18H2,(H,34,41)(H,37,40)(H2,33,35,36,38,39)/p+1/b4-3+. The first-order valence-electron chi connectivity index (χ1n) is 13.7. The van der Waals surface area contributed by atoms with E-state index < -0.39 is 0 Å². The summed E-state index contributed by atoms with van der Waals surface area (Å²) in [5.41, 5.74) is 2.40. The van der Waals surface area contributed by atoms with E-state index in [1.807, 2.05) is 6.07 Å². The smallest absolute Gasteiger partial charge is 0.430 e. The Morgan fingerprint density at radius 2 is 2.00 bits per heavy atom. The van der Waals surface area contributed by atoms with E-state index >= 15 is 0 Å². The third-order valence-corrected chi connectivity index (χ3v) is 6.40. The van der Waals surface area contributed by atoms with Crippen molar-refractivity contribution in [1.82, 2.24) is 15.0 Å². The molecule has 1 atom stereocenters. The number of rotatable bonds is 9. The Morgan fingerprint density at radius 1 is 1.17 bits per heavy atom. The van der Waals surface area contributed by atoms with Crippen molar-refractivity contribution in [3.8, 4) is 11.8 Å². The molecular formula is C31H33ClN7O3+. The van der Waals surface area contributed by atoms with Gasteiger partial charge in [-0.1, -0.05) is 48.4 Å². The van der Waals surface area contributed by atoms with Gasteiger partial charge in [-0.25, -0.2) is 9.97 Å². The molecule has 1 aliphatic carbocycles. The third-order valence-electron chi connectivity index (χ3n) is 6.12. The SMILES string of the molecule is C=CC(=O)Nc1ccccc1Nc1nc(Nc2ccnc(C#CCC[NH+]=C(O)OC3CC/C=C/CCC3)c2)ncc1Cl. The number of carbonyl (C=O) groups is 1. The number of hydrogen-bond acceptors (Lipinski definition) is 7. The summed E-state index contributed by atoms with van der Waals surface area (Å²) in [5, 5.41) is 19.4. The van der Waals surface area contributed by atoms with Gasteiger partial charge < -0.3 is 25.8 Å². The minimum Gasteiger partial charge on any atom is -0.430 e. The second-order valence-electron chi connectivity index (χ2n) is 9.31. The number of nitrogens with zero attached hydrogens (tertiary/aromatic N) is 3. The molecule has 0 radical (unpaired) electrons. The second kappa shape index (κ2) is 15.8. The average Bonchev–Trinajstić information content (AvgIpc) is 2.97. The van der Waals surface area contributed by atoms with Crippen LogP contribution in [0.5, 0.6) is 0 Å². The number of para-hydroxylation sites is 2. The van der Waals surface area contributed by atoms with Crippen molar-refractivity contribution in [3.63, 3.8) is 0 Å². The zero-order valence-electron chi connectivity index (χ0n) is 23.1. The Hall–Kier alpha value is -4.88. The lowest BCUT2D eigenvalue weighted by Gasteiger charge is -2.15. The normalized spacial score (nSPS) is 15.6. The maximum atomic E-state index is 11.8. The summed E-state index contributed by atoms with van der Waals surface area (Å²) in [6.07, 6.45) is 13.9. The number of anilines is 5. The van der Waals surface area contributed by atoms with Gasteiger partial charge in [0, 0.05) is 11.9 Å². The van der Waals surface area contributed by atoms with Gasteiger partial charge in [-0.15, -0.1) is 0 Å². The van der Waals surface area contributed by atoms with Crippen LogP contribution in [0.25, 0.3) is 0 Å². The van der Waals surface area contributed by atoms with Gasteiger partial charge >= 0.3 is 6.08 Å². The summed E-state index contributed by atoms with van der Waals surface area (Å²) < 4.78 is 5.65. The van der Waals surface area contributed by atoms with E-state index in [2.05, 4.69) is 66.5 Å². The number of aliphatic hydroxyl groups excluding tert-OH is 1. The monoisotopic (exact) mass is 586 g/mol. The van der Waals surface area contributed by atoms with Crippen LogP contribution >= 0.6 is 11.6 Å². The molecule has 10 nitrogen and oxygen atoms in total. The Bertz CT molecular complexity index is 1510. The fourth-order valence-electron chi connectivity index (χ4n) is 4.06. The number of hydrogen-bond donors (Lipinski definition) is 5. The van der Waals surface area contributed by atoms with Gasteiger partial charge in [0.2, 0.25) is 11.9 Å². The first kappa shape index (κ1) is 30.1. The summed E-state index contributed by atoms with van der Waals surface area (Å²) in [4.78, 5) is 27.7. The number of halogens is 1. The lowest BCUT2D eigenvalue weighted by molar-refractivity contribution is -0.478. The molecule has 1 amide bonds. The lowest BCUT2D eigenvalue weighted by atomic mass is 10.0. The number of pyridine rings is 1. The number of aromatic nitrogens is 3. The largest absolute Gasteiger partial charge is 0.545 e. The number of amides is 1. The van der Waals surface area contributed by atoms with E-state index in [0.717, 1.165) is 32.1 Å². The number of nitrogens with one attached hydrogen (secondary N) is 4. The molecule has 2 aromatic heterocycles. The summed E-state index contributed by atoms with van der Waals surface area (Å²) in [6, 6.07) is 10.7. The summed E-state index contributed by atoms with van der Waals surface area (Å²) in [6.45, 7) is 3.92. The fourth-order valence-corrected chi connectivity index (χ4v) is 4.20. The van der Waals surface area contributed by atoms with Crippen LogP contribution in [0.4, 0.5) is 28.8 Å². The predicted octanol–water partition coefficient (Wildman–Crippen LogP) is 4.78. The molecule has 11 heteroatoms. The molecule has 216 valence electrons. The number of aliphatic hydroxyl groups is 1. The van der Waals surface area contributed by atoms with Gasteiger partial charge in [0.25, 0.3) is 0 Å². The van der Waals surface area contributed by atoms with Crippen molar-refractivity contribution in [2.24, 2.45) is 0 Å². The second-order valence-corrected chi connectivity index (χ2v) is 9.72. The molecule has 2 heterocycles. The molecule has 0 aliphatic heterocycles. The molecule has 0 saturated heterocycles. The maximum absolute atomic E-state index is 11.8. The number of ether oxygens (including phenoxy) is 1. The first-order valence-corrected chi connectivity index (χ1v) is 14.0. The maximum Gasteiger partial charge on any atom is 0.545 e. The van der Waals surface area contributed by atoms with Crippen molar-refractivity contribution < 1.29 is 19.6 Å². The van der Waals surface area contributed by atoms with Crippen molar-refractivity contribution in [2.45, 2.75) is 44.6 Å². The van der Waals surface area contributed by atoms with Crippen molar-refractivity contribution in [1.29, 1.82) is 0 Å². The highest BCUT2D eigenvalue weighted by Gasteiger charge is 2.15. The summed E-state index contributed by atoms with van der Waals surface area (Å²) in [5.74, 6) is 6.39. The van der Waals surface area contributed by atoms with Gasteiger partial charge in [-0.2, -0.15) is 9.98 Å². The Morgan fingerprint density at radius 3 is 2.86 bits per heavy atom. The Labute approximate surface area is 250 Å². The highest BCUT2D eigenvalue weighted by Crippen LogP contribution is 2.29. The minimum atomic E-state index is -0.336. The van der Waals surface area contributed by atoms with Crippen LogP contribution < -0.4 is 20.9 Å². The molecule has 0 spiro atoms. The lowest BCUT2D eigenvalue weighted by Crippen LogP contribution is -2.74.